The van der Waals surface area contributed by atoms with Gasteiger partial charge in [-0.25, -0.2) is 4.79 Å². The van der Waals surface area contributed by atoms with E-state index in [1.807, 2.05) is 0 Å². The number of likely N-dealkylation sites (N-methyl/N-ethyl adjacent to an activating group) is 1. The molecule has 0 saturated heterocycles. The zero-order valence-corrected chi connectivity index (χ0v) is 10.8. The van der Waals surface area contributed by atoms with Gasteiger partial charge in [-0.05, 0) is 12.8 Å². The predicted octanol–water partition coefficient (Wildman–Crippen LogP) is -0.0222. The zero-order valence-electron chi connectivity index (χ0n) is 10.8. The van der Waals surface area contributed by atoms with Gasteiger partial charge in [-0.15, -0.1) is 0 Å². The fourth-order valence-corrected chi connectivity index (χ4v) is 2.57. The third-order valence-corrected chi connectivity index (χ3v) is 3.73. The van der Waals surface area contributed by atoms with Crippen LogP contribution in [0.15, 0.2) is 5.16 Å². The van der Waals surface area contributed by atoms with Gasteiger partial charge in [0.15, 0.2) is 5.71 Å². The Kier molecular flexibility index (Phi) is 4.04. The summed E-state index contributed by atoms with van der Waals surface area (Å²) in [6.45, 7) is 0. The van der Waals surface area contributed by atoms with Gasteiger partial charge in [0, 0.05) is 13.5 Å². The Morgan fingerprint density at radius 1 is 1.37 bits per heavy atom. The summed E-state index contributed by atoms with van der Waals surface area (Å²) in [6.07, 6.45) is 1.94. The molecule has 1 fully saturated rings. The maximum Gasteiger partial charge on any atom is 0.353 e. The maximum atomic E-state index is 12.2. The Hall–Kier alpha value is -1.63. The van der Waals surface area contributed by atoms with Gasteiger partial charge >= 0.3 is 5.97 Å². The van der Waals surface area contributed by atoms with Gasteiger partial charge in [-0.3, -0.25) is 4.79 Å². The lowest BCUT2D eigenvalue weighted by Gasteiger charge is -2.35. The van der Waals surface area contributed by atoms with Crippen molar-refractivity contribution < 1.29 is 24.6 Å². The number of oxime groups is 1. The molecular formula is C12H18N2O5. The molecule has 7 heteroatoms. The molecule has 1 heterocycles. The fourth-order valence-electron chi connectivity index (χ4n) is 2.57. The summed E-state index contributed by atoms with van der Waals surface area (Å²) in [4.78, 5) is 29.2. The van der Waals surface area contributed by atoms with Crippen LogP contribution in [0, 0.1) is 0 Å². The van der Waals surface area contributed by atoms with E-state index in [1.54, 1.807) is 7.05 Å². The second-order valence-electron chi connectivity index (χ2n) is 5.01. The molecule has 0 aromatic rings. The van der Waals surface area contributed by atoms with Crippen molar-refractivity contribution in [3.63, 3.8) is 0 Å². The molecule has 0 radical (unpaired) electrons. The van der Waals surface area contributed by atoms with Gasteiger partial charge in [-0.2, -0.15) is 0 Å². The quantitative estimate of drug-likeness (QED) is 0.750. The van der Waals surface area contributed by atoms with Crippen molar-refractivity contribution in [1.29, 1.82) is 0 Å². The topological polar surface area (TPSA) is 99.4 Å². The minimum absolute atomic E-state index is 0.0265. The normalized spacial score (nSPS) is 30.4. The van der Waals surface area contributed by atoms with Crippen LogP contribution in [0.5, 0.6) is 0 Å². The highest BCUT2D eigenvalue weighted by atomic mass is 16.6. The van der Waals surface area contributed by atoms with Crippen molar-refractivity contribution in [3.05, 3.63) is 0 Å². The van der Waals surface area contributed by atoms with Gasteiger partial charge < -0.3 is 20.0 Å². The van der Waals surface area contributed by atoms with Crippen molar-refractivity contribution >= 4 is 17.6 Å². The van der Waals surface area contributed by atoms with Crippen molar-refractivity contribution in [1.82, 2.24) is 4.90 Å². The molecule has 2 rings (SSSR count). The number of aliphatic hydroxyl groups excluding tert-OH is 1. The number of carbonyl (C=O) groups excluding carboxylic acids is 1. The van der Waals surface area contributed by atoms with Gasteiger partial charge in [0.1, 0.15) is 0 Å². The Morgan fingerprint density at radius 2 is 2.05 bits per heavy atom. The van der Waals surface area contributed by atoms with Crippen LogP contribution in [-0.2, 0) is 14.4 Å². The summed E-state index contributed by atoms with van der Waals surface area (Å²) in [5.74, 6) is -1.50. The molecular weight excluding hydrogens is 252 g/mol. The Bertz CT molecular complexity index is 409. The average molecular weight is 270 g/mol. The van der Waals surface area contributed by atoms with Crippen LogP contribution in [0.1, 0.15) is 32.1 Å². The SMILES string of the molecule is CN(C(=O)C1CC(C(=O)O)=NO1)C1CCCCC1O. The third kappa shape index (κ3) is 2.86. The Labute approximate surface area is 110 Å². The molecule has 0 spiro atoms. The van der Waals surface area contributed by atoms with Crippen molar-refractivity contribution in [2.24, 2.45) is 5.16 Å². The molecule has 0 bridgehead atoms. The van der Waals surface area contributed by atoms with E-state index in [2.05, 4.69) is 5.16 Å². The lowest BCUT2D eigenvalue weighted by molar-refractivity contribution is -0.146. The minimum atomic E-state index is -1.17. The summed E-state index contributed by atoms with van der Waals surface area (Å²) in [5.41, 5.74) is -0.143. The van der Waals surface area contributed by atoms with E-state index in [0.29, 0.717) is 6.42 Å². The second kappa shape index (κ2) is 5.56. The van der Waals surface area contributed by atoms with E-state index in [9.17, 15) is 14.7 Å². The summed E-state index contributed by atoms with van der Waals surface area (Å²) in [7, 11) is 1.61. The van der Waals surface area contributed by atoms with E-state index in [0.717, 1.165) is 19.3 Å². The van der Waals surface area contributed by atoms with Gasteiger partial charge in [0.2, 0.25) is 6.10 Å². The molecule has 1 amide bonds. The van der Waals surface area contributed by atoms with Crippen LogP contribution in [0.4, 0.5) is 0 Å². The van der Waals surface area contributed by atoms with Crippen LogP contribution in [0.3, 0.4) is 0 Å². The molecule has 1 aliphatic heterocycles. The van der Waals surface area contributed by atoms with Crippen molar-refractivity contribution in [2.75, 3.05) is 7.05 Å². The number of aliphatic hydroxyl groups is 1. The standard InChI is InChI=1S/C12H18N2O5/c1-14(8-4-2-3-5-9(8)15)11(16)10-6-7(12(17)18)13-19-10/h8-10,15H,2-6H2,1H3,(H,17,18). The van der Waals surface area contributed by atoms with Gasteiger partial charge in [-0.1, -0.05) is 18.0 Å². The largest absolute Gasteiger partial charge is 0.477 e. The first-order valence-electron chi connectivity index (χ1n) is 6.41. The number of amides is 1. The average Bonchev–Trinajstić information content (AvgIpc) is 2.87. The molecule has 1 aliphatic carbocycles. The van der Waals surface area contributed by atoms with Crippen molar-refractivity contribution in [3.8, 4) is 0 Å². The summed E-state index contributed by atoms with van der Waals surface area (Å²) >= 11 is 0. The van der Waals surface area contributed by atoms with Crippen LogP contribution in [0.2, 0.25) is 0 Å². The molecule has 19 heavy (non-hydrogen) atoms. The number of hydrogen-bond acceptors (Lipinski definition) is 5. The van der Waals surface area contributed by atoms with Gasteiger partial charge in [0.25, 0.3) is 5.91 Å². The van der Waals surface area contributed by atoms with E-state index in [1.165, 1.54) is 4.90 Å². The molecule has 7 nitrogen and oxygen atoms in total. The smallest absolute Gasteiger partial charge is 0.353 e. The number of carboxylic acid groups (broad SMARTS) is 1. The fraction of sp³-hybridized carbons (Fsp3) is 0.750. The second-order valence-corrected chi connectivity index (χ2v) is 5.01. The van der Waals surface area contributed by atoms with Gasteiger partial charge in [0.05, 0.1) is 12.1 Å². The number of aliphatic carboxylic acids is 1. The number of carbonyl (C=O) groups is 2. The number of nitrogens with zero attached hydrogens (tertiary/aromatic N) is 2. The Balaban J connectivity index is 1.95. The third-order valence-electron chi connectivity index (χ3n) is 3.73. The summed E-state index contributed by atoms with van der Waals surface area (Å²) in [6, 6.07) is -0.223. The molecule has 0 aromatic heterocycles. The van der Waals surface area contributed by atoms with Crippen LogP contribution >= 0.6 is 0 Å². The van der Waals surface area contributed by atoms with E-state index in [4.69, 9.17) is 9.94 Å². The molecule has 106 valence electrons. The summed E-state index contributed by atoms with van der Waals surface area (Å²) in [5, 5.41) is 22.1. The molecule has 1 saturated carbocycles. The maximum absolute atomic E-state index is 12.2. The lowest BCUT2D eigenvalue weighted by atomic mass is 9.91. The first-order valence-corrected chi connectivity index (χ1v) is 6.41. The Morgan fingerprint density at radius 3 is 2.63 bits per heavy atom. The van der Waals surface area contributed by atoms with E-state index >= 15 is 0 Å². The monoisotopic (exact) mass is 270 g/mol. The highest BCUT2D eigenvalue weighted by molar-refractivity contribution is 6.36. The van der Waals surface area contributed by atoms with E-state index < -0.39 is 18.2 Å². The zero-order chi connectivity index (χ0) is 14.0. The first kappa shape index (κ1) is 13.8. The molecule has 3 atom stereocenters. The van der Waals surface area contributed by atoms with Crippen LogP contribution in [-0.4, -0.2) is 58.0 Å². The summed E-state index contributed by atoms with van der Waals surface area (Å²) < 4.78 is 0. The number of carboxylic acids is 1. The first-order chi connectivity index (χ1) is 9.00. The van der Waals surface area contributed by atoms with Crippen LogP contribution in [0.25, 0.3) is 0 Å². The number of rotatable bonds is 3. The molecule has 0 aromatic carbocycles. The van der Waals surface area contributed by atoms with E-state index in [-0.39, 0.29) is 24.1 Å². The molecule has 2 N–H and O–H groups in total. The minimum Gasteiger partial charge on any atom is -0.477 e. The highest BCUT2D eigenvalue weighted by Crippen LogP contribution is 2.24. The highest BCUT2D eigenvalue weighted by Gasteiger charge is 2.37. The molecule has 3 unspecified atom stereocenters. The van der Waals surface area contributed by atoms with Crippen molar-refractivity contribution in [2.45, 2.75) is 50.4 Å². The predicted molar refractivity (Wildman–Crippen MR) is 65.6 cm³/mol. The molecule has 2 aliphatic rings. The number of hydrogen-bond donors (Lipinski definition) is 2. The lowest BCUT2D eigenvalue weighted by Crippen LogP contribution is -2.49. The van der Waals surface area contributed by atoms with Crippen LogP contribution < -0.4 is 0 Å².